The van der Waals surface area contributed by atoms with Gasteiger partial charge in [-0.3, -0.25) is 4.79 Å². The van der Waals surface area contributed by atoms with E-state index in [0.29, 0.717) is 16.8 Å². The summed E-state index contributed by atoms with van der Waals surface area (Å²) >= 11 is 1.60. The number of benzene rings is 3. The summed E-state index contributed by atoms with van der Waals surface area (Å²) in [4.78, 5) is 14.2. The average molecular weight is 394 g/mol. The standard InChI is InChI=1S/C25H18N2OS/c28-25(20-12-5-2-6-13-20)23-16-8-7-15-22(23)24(19-10-3-1-4-11-19)27-26-18-21-14-9-17-29-21/h1-18H/b26-18-,27-24+. The van der Waals surface area contributed by atoms with Crippen LogP contribution in [0.3, 0.4) is 0 Å². The molecule has 0 N–H and O–H groups in total. The molecule has 0 amide bonds. The van der Waals surface area contributed by atoms with Gasteiger partial charge in [0, 0.05) is 27.1 Å². The van der Waals surface area contributed by atoms with Crippen molar-refractivity contribution in [3.05, 3.63) is 130 Å². The molecule has 0 saturated carbocycles. The summed E-state index contributed by atoms with van der Waals surface area (Å²) in [5.74, 6) is -0.0351. The Balaban J connectivity index is 1.80. The predicted octanol–water partition coefficient (Wildman–Crippen LogP) is 5.85. The van der Waals surface area contributed by atoms with Crippen LogP contribution in [0.5, 0.6) is 0 Å². The van der Waals surface area contributed by atoms with Crippen molar-refractivity contribution in [3.63, 3.8) is 0 Å². The van der Waals surface area contributed by atoms with Crippen LogP contribution >= 0.6 is 11.3 Å². The first-order valence-corrected chi connectivity index (χ1v) is 10.1. The van der Waals surface area contributed by atoms with Gasteiger partial charge in [-0.15, -0.1) is 16.4 Å². The molecule has 0 fully saturated rings. The second kappa shape index (κ2) is 9.04. The molecule has 0 spiro atoms. The lowest BCUT2D eigenvalue weighted by Crippen LogP contribution is -2.12. The van der Waals surface area contributed by atoms with E-state index < -0.39 is 0 Å². The Morgan fingerprint density at radius 1 is 0.690 bits per heavy atom. The van der Waals surface area contributed by atoms with Crippen molar-refractivity contribution < 1.29 is 4.79 Å². The van der Waals surface area contributed by atoms with Crippen molar-refractivity contribution in [2.75, 3.05) is 0 Å². The number of carbonyl (C=O) groups excluding carboxylic acids is 1. The zero-order valence-corrected chi connectivity index (χ0v) is 16.4. The van der Waals surface area contributed by atoms with Crippen molar-refractivity contribution in [1.29, 1.82) is 0 Å². The van der Waals surface area contributed by atoms with E-state index in [1.54, 1.807) is 17.6 Å². The summed E-state index contributed by atoms with van der Waals surface area (Å²) in [6.45, 7) is 0. The molecule has 0 aliphatic heterocycles. The van der Waals surface area contributed by atoms with Gasteiger partial charge in [0.2, 0.25) is 0 Å². The highest BCUT2D eigenvalue weighted by molar-refractivity contribution is 7.11. The first-order chi connectivity index (χ1) is 14.3. The monoisotopic (exact) mass is 394 g/mol. The van der Waals surface area contributed by atoms with Gasteiger partial charge < -0.3 is 0 Å². The molecule has 0 radical (unpaired) electrons. The highest BCUT2D eigenvalue weighted by atomic mass is 32.1. The molecule has 3 nitrogen and oxygen atoms in total. The molecule has 1 aromatic heterocycles. The minimum atomic E-state index is -0.0351. The van der Waals surface area contributed by atoms with Gasteiger partial charge in [0.05, 0.1) is 6.21 Å². The topological polar surface area (TPSA) is 41.8 Å². The summed E-state index contributed by atoms with van der Waals surface area (Å²) < 4.78 is 0. The molecule has 0 aliphatic rings. The Hall–Kier alpha value is -3.63. The lowest BCUT2D eigenvalue weighted by molar-refractivity contribution is 0.103. The van der Waals surface area contributed by atoms with Crippen LogP contribution in [0.1, 0.15) is 31.9 Å². The zero-order valence-electron chi connectivity index (χ0n) is 15.6. The van der Waals surface area contributed by atoms with Crippen LogP contribution < -0.4 is 0 Å². The maximum atomic E-state index is 13.2. The molecular formula is C25H18N2OS. The van der Waals surface area contributed by atoms with E-state index in [1.165, 1.54) is 0 Å². The quantitative estimate of drug-likeness (QED) is 0.230. The van der Waals surface area contributed by atoms with E-state index in [-0.39, 0.29) is 5.78 Å². The largest absolute Gasteiger partial charge is 0.289 e. The molecule has 0 unspecified atom stereocenters. The molecule has 4 rings (SSSR count). The molecular weight excluding hydrogens is 376 g/mol. The van der Waals surface area contributed by atoms with Gasteiger partial charge in [-0.05, 0) is 11.4 Å². The molecule has 0 saturated heterocycles. The summed E-state index contributed by atoms with van der Waals surface area (Å²) in [5, 5.41) is 10.8. The van der Waals surface area contributed by atoms with Crippen LogP contribution in [0.15, 0.2) is 113 Å². The lowest BCUT2D eigenvalue weighted by Gasteiger charge is -2.11. The van der Waals surface area contributed by atoms with Crippen LogP contribution in [-0.2, 0) is 0 Å². The van der Waals surface area contributed by atoms with Gasteiger partial charge in [0.15, 0.2) is 5.78 Å². The predicted molar refractivity (Wildman–Crippen MR) is 120 cm³/mol. The van der Waals surface area contributed by atoms with Crippen molar-refractivity contribution in [2.24, 2.45) is 10.2 Å². The second-order valence-electron chi connectivity index (χ2n) is 6.32. The molecule has 1 heterocycles. The maximum Gasteiger partial charge on any atom is 0.193 e. The van der Waals surface area contributed by atoms with E-state index in [9.17, 15) is 4.79 Å². The van der Waals surface area contributed by atoms with Crippen molar-refractivity contribution in [2.45, 2.75) is 0 Å². The number of carbonyl (C=O) groups is 1. The SMILES string of the molecule is O=C(c1ccccc1)c1ccccc1/C(=N/N=C\c1cccs1)c1ccccc1. The zero-order chi connectivity index (χ0) is 19.9. The lowest BCUT2D eigenvalue weighted by atomic mass is 9.93. The fraction of sp³-hybridized carbons (Fsp3) is 0. The molecule has 0 atom stereocenters. The number of ketones is 1. The third-order valence-electron chi connectivity index (χ3n) is 4.40. The molecule has 4 heteroatoms. The Morgan fingerprint density at radius 2 is 1.31 bits per heavy atom. The number of nitrogens with zero attached hydrogens (tertiary/aromatic N) is 2. The van der Waals surface area contributed by atoms with Crippen LogP contribution in [0.2, 0.25) is 0 Å². The van der Waals surface area contributed by atoms with Crippen LogP contribution in [0.4, 0.5) is 0 Å². The molecule has 3 aromatic carbocycles. The first kappa shape index (κ1) is 18.7. The molecule has 140 valence electrons. The fourth-order valence-corrected chi connectivity index (χ4v) is 3.58. The normalized spacial score (nSPS) is 11.7. The molecule has 0 aliphatic carbocycles. The smallest absolute Gasteiger partial charge is 0.193 e. The highest BCUT2D eigenvalue weighted by Gasteiger charge is 2.18. The van der Waals surface area contributed by atoms with Crippen molar-refractivity contribution >= 4 is 29.0 Å². The van der Waals surface area contributed by atoms with E-state index >= 15 is 0 Å². The molecule has 29 heavy (non-hydrogen) atoms. The first-order valence-electron chi connectivity index (χ1n) is 9.22. The minimum Gasteiger partial charge on any atom is -0.289 e. The van der Waals surface area contributed by atoms with Gasteiger partial charge in [0.25, 0.3) is 0 Å². The summed E-state index contributed by atoms with van der Waals surface area (Å²) in [6, 6.07) is 30.6. The Bertz CT molecular complexity index is 1150. The van der Waals surface area contributed by atoms with Gasteiger partial charge in [-0.1, -0.05) is 91.0 Å². The maximum absolute atomic E-state index is 13.2. The average Bonchev–Trinajstić information content (AvgIpc) is 3.31. The van der Waals surface area contributed by atoms with Crippen molar-refractivity contribution in [1.82, 2.24) is 0 Å². The van der Waals surface area contributed by atoms with Gasteiger partial charge in [0.1, 0.15) is 5.71 Å². The number of hydrogen-bond acceptors (Lipinski definition) is 4. The van der Waals surface area contributed by atoms with Gasteiger partial charge in [-0.2, -0.15) is 5.10 Å². The Kier molecular flexibility index (Phi) is 5.84. The Labute approximate surface area is 173 Å². The van der Waals surface area contributed by atoms with Crippen LogP contribution in [-0.4, -0.2) is 17.7 Å². The van der Waals surface area contributed by atoms with Gasteiger partial charge in [-0.25, -0.2) is 0 Å². The van der Waals surface area contributed by atoms with E-state index in [4.69, 9.17) is 0 Å². The van der Waals surface area contributed by atoms with Crippen molar-refractivity contribution in [3.8, 4) is 0 Å². The van der Waals surface area contributed by atoms with E-state index in [2.05, 4.69) is 10.2 Å². The minimum absolute atomic E-state index is 0.0351. The molecule has 4 aromatic rings. The van der Waals surface area contributed by atoms with E-state index in [1.807, 2.05) is 102 Å². The summed E-state index contributed by atoms with van der Waals surface area (Å²) in [6.07, 6.45) is 1.73. The summed E-state index contributed by atoms with van der Waals surface area (Å²) in [7, 11) is 0. The van der Waals surface area contributed by atoms with Crippen LogP contribution in [0.25, 0.3) is 0 Å². The number of thiophene rings is 1. The third kappa shape index (κ3) is 4.45. The van der Waals surface area contributed by atoms with Crippen LogP contribution in [0, 0.1) is 0 Å². The molecule has 0 bridgehead atoms. The Morgan fingerprint density at radius 3 is 1.97 bits per heavy atom. The third-order valence-corrected chi connectivity index (χ3v) is 5.20. The highest BCUT2D eigenvalue weighted by Crippen LogP contribution is 2.19. The number of hydrogen-bond donors (Lipinski definition) is 0. The summed E-state index contributed by atoms with van der Waals surface area (Å²) in [5.41, 5.74) is 3.58. The number of rotatable bonds is 6. The fourth-order valence-electron chi connectivity index (χ4n) is 3.00. The van der Waals surface area contributed by atoms with Gasteiger partial charge >= 0.3 is 0 Å². The van der Waals surface area contributed by atoms with E-state index in [0.717, 1.165) is 16.0 Å². The second-order valence-corrected chi connectivity index (χ2v) is 7.29.